The van der Waals surface area contributed by atoms with E-state index in [-0.39, 0.29) is 6.03 Å². The third-order valence-corrected chi connectivity index (χ3v) is 5.51. The number of aryl methyl sites for hydroxylation is 1. The maximum Gasteiger partial charge on any atom is 0.323 e. The van der Waals surface area contributed by atoms with Crippen LogP contribution in [0.4, 0.5) is 9.93 Å². The summed E-state index contributed by atoms with van der Waals surface area (Å²) in [6.45, 7) is 9.42. The van der Waals surface area contributed by atoms with E-state index < -0.39 is 0 Å². The molecule has 7 nitrogen and oxygen atoms in total. The van der Waals surface area contributed by atoms with Gasteiger partial charge >= 0.3 is 6.03 Å². The van der Waals surface area contributed by atoms with Crippen LogP contribution >= 0.6 is 11.3 Å². The van der Waals surface area contributed by atoms with Crippen LogP contribution in [-0.4, -0.2) is 83.8 Å². The molecular formula is C15H26N6OS. The minimum atomic E-state index is -0.0424. The zero-order chi connectivity index (χ0) is 16.2. The van der Waals surface area contributed by atoms with Gasteiger partial charge in [-0.1, -0.05) is 11.3 Å². The molecule has 0 aromatic carbocycles. The standard InChI is InChI=1S/C15H26N6OS/c1-12-17-18-14(23-12)16-15(22)21-5-3-13(4-6-21)11-20-9-7-19(2)8-10-20/h13H,3-11H2,1-2H3,(H,16,18,22). The minimum Gasteiger partial charge on any atom is -0.324 e. The molecule has 3 rings (SSSR count). The topological polar surface area (TPSA) is 64.6 Å². The van der Waals surface area contributed by atoms with Gasteiger partial charge in [-0.2, -0.15) is 0 Å². The summed E-state index contributed by atoms with van der Waals surface area (Å²) < 4.78 is 0. The fraction of sp³-hybridized carbons (Fsp3) is 0.800. The minimum absolute atomic E-state index is 0.0424. The molecule has 128 valence electrons. The van der Waals surface area contributed by atoms with Crippen molar-refractivity contribution >= 4 is 22.5 Å². The molecule has 1 aromatic rings. The second kappa shape index (κ2) is 7.55. The number of anilines is 1. The van der Waals surface area contributed by atoms with Crippen molar-refractivity contribution < 1.29 is 4.79 Å². The molecule has 0 bridgehead atoms. The van der Waals surface area contributed by atoms with E-state index in [1.807, 2.05) is 11.8 Å². The highest BCUT2D eigenvalue weighted by Crippen LogP contribution is 2.21. The van der Waals surface area contributed by atoms with E-state index in [0.717, 1.165) is 30.9 Å². The quantitative estimate of drug-likeness (QED) is 0.901. The lowest BCUT2D eigenvalue weighted by Crippen LogP contribution is -2.48. The number of urea groups is 1. The summed E-state index contributed by atoms with van der Waals surface area (Å²) in [6, 6.07) is -0.0424. The lowest BCUT2D eigenvalue weighted by atomic mass is 9.96. The Balaban J connectivity index is 1.40. The Hall–Kier alpha value is -1.25. The van der Waals surface area contributed by atoms with Crippen LogP contribution in [0.1, 0.15) is 17.8 Å². The Morgan fingerprint density at radius 3 is 2.48 bits per heavy atom. The van der Waals surface area contributed by atoms with E-state index in [4.69, 9.17) is 0 Å². The molecule has 2 aliphatic heterocycles. The average molecular weight is 338 g/mol. The number of nitrogens with zero attached hydrogens (tertiary/aromatic N) is 5. The summed E-state index contributed by atoms with van der Waals surface area (Å²) in [5, 5.41) is 12.2. The number of rotatable bonds is 3. The number of carbonyl (C=O) groups excluding carboxylic acids is 1. The van der Waals surface area contributed by atoms with Crippen molar-refractivity contribution in [2.24, 2.45) is 5.92 Å². The molecule has 1 aromatic heterocycles. The smallest absolute Gasteiger partial charge is 0.323 e. The number of likely N-dealkylation sites (N-methyl/N-ethyl adjacent to an activating group) is 1. The molecule has 8 heteroatoms. The van der Waals surface area contributed by atoms with E-state index in [1.54, 1.807) is 0 Å². The number of piperazine rings is 1. The third kappa shape index (κ3) is 4.62. The number of hydrogen-bond acceptors (Lipinski definition) is 6. The number of likely N-dealkylation sites (tertiary alicyclic amines) is 1. The van der Waals surface area contributed by atoms with Gasteiger partial charge in [-0.25, -0.2) is 4.79 Å². The van der Waals surface area contributed by atoms with Crippen molar-refractivity contribution in [3.8, 4) is 0 Å². The molecule has 3 heterocycles. The van der Waals surface area contributed by atoms with Gasteiger partial charge < -0.3 is 14.7 Å². The summed E-state index contributed by atoms with van der Waals surface area (Å²) >= 11 is 1.41. The summed E-state index contributed by atoms with van der Waals surface area (Å²) in [7, 11) is 2.19. The van der Waals surface area contributed by atoms with Crippen LogP contribution in [0, 0.1) is 12.8 Å². The van der Waals surface area contributed by atoms with Gasteiger partial charge in [0.05, 0.1) is 0 Å². The zero-order valence-electron chi connectivity index (χ0n) is 14.0. The van der Waals surface area contributed by atoms with Crippen LogP contribution in [0.15, 0.2) is 0 Å². The predicted molar refractivity (Wildman–Crippen MR) is 91.9 cm³/mol. The normalized spacial score (nSPS) is 21.6. The van der Waals surface area contributed by atoms with E-state index in [2.05, 4.69) is 32.4 Å². The fourth-order valence-corrected chi connectivity index (χ4v) is 3.81. The molecule has 2 fully saturated rings. The van der Waals surface area contributed by atoms with Crippen molar-refractivity contribution in [1.82, 2.24) is 24.9 Å². The molecule has 2 saturated heterocycles. The Labute approximate surface area is 141 Å². The zero-order valence-corrected chi connectivity index (χ0v) is 14.8. The fourth-order valence-electron chi connectivity index (χ4n) is 3.23. The number of piperidine rings is 1. The number of carbonyl (C=O) groups is 1. The van der Waals surface area contributed by atoms with Gasteiger partial charge in [-0.05, 0) is 32.7 Å². The van der Waals surface area contributed by atoms with Crippen LogP contribution in [-0.2, 0) is 0 Å². The number of aromatic nitrogens is 2. The van der Waals surface area contributed by atoms with Gasteiger partial charge in [-0.3, -0.25) is 5.32 Å². The molecular weight excluding hydrogens is 312 g/mol. The lowest BCUT2D eigenvalue weighted by Gasteiger charge is -2.37. The molecule has 0 atom stereocenters. The summed E-state index contributed by atoms with van der Waals surface area (Å²) in [5.41, 5.74) is 0. The van der Waals surface area contributed by atoms with Gasteiger partial charge in [0.2, 0.25) is 5.13 Å². The lowest BCUT2D eigenvalue weighted by molar-refractivity contribution is 0.113. The molecule has 0 saturated carbocycles. The molecule has 2 amide bonds. The van der Waals surface area contributed by atoms with Crippen LogP contribution in [0.5, 0.6) is 0 Å². The molecule has 1 N–H and O–H groups in total. The molecule has 2 aliphatic rings. The summed E-state index contributed by atoms with van der Waals surface area (Å²) in [6.07, 6.45) is 2.18. The first-order chi connectivity index (χ1) is 11.1. The molecule has 0 unspecified atom stereocenters. The SMILES string of the molecule is Cc1nnc(NC(=O)N2CCC(CN3CCN(C)CC3)CC2)s1. The Kier molecular flexibility index (Phi) is 5.45. The largest absolute Gasteiger partial charge is 0.324 e. The highest BCUT2D eigenvalue weighted by Gasteiger charge is 2.25. The van der Waals surface area contributed by atoms with E-state index in [0.29, 0.717) is 11.0 Å². The first-order valence-corrected chi connectivity index (χ1v) is 9.19. The van der Waals surface area contributed by atoms with Crippen molar-refractivity contribution in [2.75, 3.05) is 58.2 Å². The van der Waals surface area contributed by atoms with Crippen molar-refractivity contribution in [3.63, 3.8) is 0 Å². The monoisotopic (exact) mass is 338 g/mol. The van der Waals surface area contributed by atoms with Crippen molar-refractivity contribution in [2.45, 2.75) is 19.8 Å². The van der Waals surface area contributed by atoms with Crippen molar-refractivity contribution in [3.05, 3.63) is 5.01 Å². The first kappa shape index (κ1) is 16.6. The summed E-state index contributed by atoms with van der Waals surface area (Å²) in [4.78, 5) is 19.1. The first-order valence-electron chi connectivity index (χ1n) is 8.37. The maximum atomic E-state index is 12.2. The number of nitrogens with one attached hydrogen (secondary N) is 1. The second-order valence-corrected chi connectivity index (χ2v) is 7.77. The van der Waals surface area contributed by atoms with E-state index in [1.165, 1.54) is 44.1 Å². The van der Waals surface area contributed by atoms with Crippen LogP contribution in [0.3, 0.4) is 0 Å². The molecule has 0 spiro atoms. The van der Waals surface area contributed by atoms with Crippen LogP contribution in [0.2, 0.25) is 0 Å². The second-order valence-electron chi connectivity index (χ2n) is 6.59. The van der Waals surface area contributed by atoms with E-state index >= 15 is 0 Å². The van der Waals surface area contributed by atoms with Gasteiger partial charge in [0.15, 0.2) is 0 Å². The van der Waals surface area contributed by atoms with Gasteiger partial charge in [0.25, 0.3) is 0 Å². The average Bonchev–Trinajstić information content (AvgIpc) is 2.95. The highest BCUT2D eigenvalue weighted by molar-refractivity contribution is 7.15. The van der Waals surface area contributed by atoms with E-state index in [9.17, 15) is 4.79 Å². The number of amides is 2. The Morgan fingerprint density at radius 2 is 1.87 bits per heavy atom. The van der Waals surface area contributed by atoms with Gasteiger partial charge in [0, 0.05) is 45.8 Å². The van der Waals surface area contributed by atoms with Crippen LogP contribution < -0.4 is 5.32 Å². The highest BCUT2D eigenvalue weighted by atomic mass is 32.1. The van der Waals surface area contributed by atoms with Gasteiger partial charge in [-0.15, -0.1) is 10.2 Å². The van der Waals surface area contributed by atoms with Crippen LogP contribution in [0.25, 0.3) is 0 Å². The number of hydrogen-bond donors (Lipinski definition) is 1. The van der Waals surface area contributed by atoms with Gasteiger partial charge in [0.1, 0.15) is 5.01 Å². The predicted octanol–water partition coefficient (Wildman–Crippen LogP) is 1.34. The molecule has 0 radical (unpaired) electrons. The Bertz CT molecular complexity index is 520. The molecule has 23 heavy (non-hydrogen) atoms. The third-order valence-electron chi connectivity index (χ3n) is 4.75. The Morgan fingerprint density at radius 1 is 1.17 bits per heavy atom. The van der Waals surface area contributed by atoms with Crippen molar-refractivity contribution in [1.29, 1.82) is 0 Å². The molecule has 0 aliphatic carbocycles. The maximum absolute atomic E-state index is 12.2. The summed E-state index contributed by atoms with van der Waals surface area (Å²) in [5.74, 6) is 0.714.